The molecule has 0 bridgehead atoms. The molecular weight excluding hydrogens is 560 g/mol. The number of nitrogens with zero attached hydrogens (tertiary/aromatic N) is 4. The summed E-state index contributed by atoms with van der Waals surface area (Å²) >= 11 is 0. The third-order valence-corrected chi connectivity index (χ3v) is 8.25. The summed E-state index contributed by atoms with van der Waals surface area (Å²) in [6.45, 7) is 10.7. The van der Waals surface area contributed by atoms with Gasteiger partial charge in [-0.05, 0) is 94.0 Å². The first-order valence-electron chi connectivity index (χ1n) is 14.8. The number of fused-ring (bicyclic) bond motifs is 1. The van der Waals surface area contributed by atoms with Crippen LogP contribution >= 0.6 is 0 Å². The van der Waals surface area contributed by atoms with Gasteiger partial charge in [0.25, 0.3) is 0 Å². The van der Waals surface area contributed by atoms with E-state index in [0.717, 1.165) is 22.3 Å². The smallest absolute Gasteiger partial charge is 0.410 e. The zero-order chi connectivity index (χ0) is 32.0. The van der Waals surface area contributed by atoms with Gasteiger partial charge >= 0.3 is 12.1 Å². The van der Waals surface area contributed by atoms with Crippen LogP contribution in [0, 0.1) is 13.8 Å². The van der Waals surface area contributed by atoms with Crippen molar-refractivity contribution in [3.8, 4) is 17.0 Å². The van der Waals surface area contributed by atoms with E-state index in [4.69, 9.17) is 24.2 Å². The number of carbonyl (C=O) groups excluding carboxylic acids is 3. The Morgan fingerprint density at radius 3 is 2.36 bits per heavy atom. The number of amides is 2. The number of likely N-dealkylation sites (tertiary alicyclic amines) is 1. The number of ether oxygens (including phenoxy) is 3. The van der Waals surface area contributed by atoms with Crippen molar-refractivity contribution in [1.82, 2.24) is 19.8 Å². The molecule has 10 nitrogen and oxygen atoms in total. The Morgan fingerprint density at radius 1 is 1.00 bits per heavy atom. The van der Waals surface area contributed by atoms with Crippen LogP contribution in [-0.2, 0) is 24.5 Å². The van der Waals surface area contributed by atoms with E-state index in [1.807, 2.05) is 58.9 Å². The highest BCUT2D eigenvalue weighted by Crippen LogP contribution is 2.42. The molecule has 2 aliphatic rings. The maximum absolute atomic E-state index is 13.8. The molecule has 0 N–H and O–H groups in total. The van der Waals surface area contributed by atoms with Crippen LogP contribution in [0.15, 0.2) is 36.4 Å². The molecule has 1 unspecified atom stereocenters. The predicted molar refractivity (Wildman–Crippen MR) is 167 cm³/mol. The van der Waals surface area contributed by atoms with E-state index in [-0.39, 0.29) is 18.9 Å². The minimum atomic E-state index is -1.56. The number of aryl methyl sites for hydroxylation is 2. The Labute approximate surface area is 258 Å². The fraction of sp³-hybridized carbons (Fsp3) is 0.441. The highest BCUT2D eigenvalue weighted by molar-refractivity contribution is 6.12. The average Bonchev–Trinajstić information content (AvgIpc) is 3.28. The first-order valence-corrected chi connectivity index (χ1v) is 14.8. The normalized spacial score (nSPS) is 18.8. The van der Waals surface area contributed by atoms with Crippen molar-refractivity contribution >= 4 is 34.6 Å². The van der Waals surface area contributed by atoms with Crippen LogP contribution in [0.4, 0.5) is 4.79 Å². The Balaban J connectivity index is 1.72. The number of hydrogen-bond donors (Lipinski definition) is 0. The van der Waals surface area contributed by atoms with Crippen LogP contribution in [0.2, 0.25) is 0 Å². The quantitative estimate of drug-likeness (QED) is 0.290. The van der Waals surface area contributed by atoms with Crippen molar-refractivity contribution in [1.29, 1.82) is 0 Å². The molecule has 1 atom stereocenters. The molecule has 1 fully saturated rings. The van der Waals surface area contributed by atoms with Crippen LogP contribution < -0.4 is 4.74 Å². The minimum absolute atomic E-state index is 0.253. The van der Waals surface area contributed by atoms with Crippen LogP contribution in [0.3, 0.4) is 0 Å². The second-order valence-electron chi connectivity index (χ2n) is 12.6. The summed E-state index contributed by atoms with van der Waals surface area (Å²) in [5, 5.41) is 0.579. The SMILES string of the molecule is COC(=O)C1(c2cc(C3=CCCN(C(=O)OC(C)(C)C)C3)nc3nc(-c4c(C)cc(C)cc4OC)ccc23)CCN(C)C1=O. The van der Waals surface area contributed by atoms with Crippen molar-refractivity contribution in [2.75, 3.05) is 40.9 Å². The highest BCUT2D eigenvalue weighted by atomic mass is 16.6. The number of likely N-dealkylation sites (N-methyl/N-ethyl adjacent to an activating group) is 1. The molecule has 5 rings (SSSR count). The average molecular weight is 601 g/mol. The Kier molecular flexibility index (Phi) is 8.13. The number of aromatic nitrogens is 2. The summed E-state index contributed by atoms with van der Waals surface area (Å²) in [5.41, 5.74) is 3.52. The van der Waals surface area contributed by atoms with Crippen molar-refractivity contribution in [2.24, 2.45) is 0 Å². The molecule has 44 heavy (non-hydrogen) atoms. The van der Waals surface area contributed by atoms with Gasteiger partial charge in [0.15, 0.2) is 11.1 Å². The lowest BCUT2D eigenvalue weighted by atomic mass is 9.77. The molecule has 2 aliphatic heterocycles. The van der Waals surface area contributed by atoms with Crippen LogP contribution in [0.1, 0.15) is 56.0 Å². The van der Waals surface area contributed by atoms with Crippen molar-refractivity contribution in [2.45, 2.75) is 58.5 Å². The summed E-state index contributed by atoms with van der Waals surface area (Å²) < 4.78 is 16.6. The van der Waals surface area contributed by atoms with Crippen LogP contribution in [-0.4, -0.2) is 84.2 Å². The van der Waals surface area contributed by atoms with E-state index in [0.29, 0.717) is 53.2 Å². The zero-order valence-electron chi connectivity index (χ0n) is 26.7. The lowest BCUT2D eigenvalue weighted by Gasteiger charge is -2.31. The van der Waals surface area contributed by atoms with Gasteiger partial charge in [0.1, 0.15) is 11.4 Å². The number of esters is 1. The Bertz CT molecular complexity index is 1690. The van der Waals surface area contributed by atoms with Crippen LogP contribution in [0.5, 0.6) is 5.75 Å². The third kappa shape index (κ3) is 5.49. The standard InChI is InChI=1S/C34H40N4O6/c1-20-16-21(2)28(27(17-20)42-7)25-12-11-23-24(34(31(40)43-8)13-15-37(6)30(34)39)18-26(36-29(23)35-25)22-10-9-14-38(19-22)32(41)44-33(3,4)5/h10-12,16-18H,9,13-15,19H2,1-8H3. The van der Waals surface area contributed by atoms with Crippen molar-refractivity contribution in [3.05, 3.63) is 58.8 Å². The van der Waals surface area contributed by atoms with Crippen LogP contribution in [0.25, 0.3) is 27.9 Å². The zero-order valence-corrected chi connectivity index (χ0v) is 26.7. The van der Waals surface area contributed by atoms with E-state index in [2.05, 4.69) is 6.07 Å². The van der Waals surface area contributed by atoms with E-state index in [1.54, 1.807) is 30.0 Å². The maximum atomic E-state index is 13.8. The number of hydrogen-bond acceptors (Lipinski definition) is 8. The topological polar surface area (TPSA) is 111 Å². The molecule has 1 saturated heterocycles. The number of benzene rings is 1. The third-order valence-electron chi connectivity index (χ3n) is 8.25. The van der Waals surface area contributed by atoms with Gasteiger partial charge in [-0.2, -0.15) is 0 Å². The fourth-order valence-electron chi connectivity index (χ4n) is 6.18. The molecule has 2 aromatic heterocycles. The molecule has 2 amide bonds. The molecule has 4 heterocycles. The van der Waals surface area contributed by atoms with Crippen molar-refractivity contribution in [3.63, 3.8) is 0 Å². The first-order chi connectivity index (χ1) is 20.8. The van der Waals surface area contributed by atoms with E-state index < -0.39 is 23.1 Å². The summed E-state index contributed by atoms with van der Waals surface area (Å²) in [6.07, 6.45) is 2.47. The number of rotatable bonds is 5. The molecule has 0 radical (unpaired) electrons. The number of methoxy groups -OCH3 is 2. The maximum Gasteiger partial charge on any atom is 0.410 e. The summed E-state index contributed by atoms with van der Waals surface area (Å²) in [5.74, 6) is -0.276. The Morgan fingerprint density at radius 2 is 1.73 bits per heavy atom. The summed E-state index contributed by atoms with van der Waals surface area (Å²) in [6, 6.07) is 9.55. The highest BCUT2D eigenvalue weighted by Gasteiger charge is 2.55. The molecule has 10 heteroatoms. The molecule has 1 aromatic carbocycles. The van der Waals surface area contributed by atoms with Crippen molar-refractivity contribution < 1.29 is 28.6 Å². The second-order valence-corrected chi connectivity index (χ2v) is 12.6. The van der Waals surface area contributed by atoms with Gasteiger partial charge < -0.3 is 24.0 Å². The van der Waals surface area contributed by atoms with Gasteiger partial charge in [0.2, 0.25) is 5.91 Å². The van der Waals surface area contributed by atoms with E-state index >= 15 is 0 Å². The van der Waals surface area contributed by atoms with Gasteiger partial charge in [-0.1, -0.05) is 12.1 Å². The van der Waals surface area contributed by atoms with Gasteiger partial charge in [-0.3, -0.25) is 9.59 Å². The van der Waals surface area contributed by atoms with Gasteiger partial charge in [-0.15, -0.1) is 0 Å². The van der Waals surface area contributed by atoms with E-state index in [1.165, 1.54) is 7.11 Å². The molecule has 0 spiro atoms. The number of pyridine rings is 2. The van der Waals surface area contributed by atoms with Gasteiger partial charge in [0, 0.05) is 31.1 Å². The fourth-order valence-corrected chi connectivity index (χ4v) is 6.18. The first kappa shape index (κ1) is 31.0. The molecular formula is C34H40N4O6. The Hall–Kier alpha value is -4.47. The largest absolute Gasteiger partial charge is 0.496 e. The monoisotopic (exact) mass is 600 g/mol. The lowest BCUT2D eigenvalue weighted by molar-refractivity contribution is -0.152. The van der Waals surface area contributed by atoms with E-state index in [9.17, 15) is 14.4 Å². The molecule has 3 aromatic rings. The minimum Gasteiger partial charge on any atom is -0.496 e. The summed E-state index contributed by atoms with van der Waals surface area (Å²) in [7, 11) is 4.61. The lowest BCUT2D eigenvalue weighted by Crippen LogP contribution is -2.44. The van der Waals surface area contributed by atoms with Gasteiger partial charge in [0.05, 0.1) is 32.2 Å². The molecule has 232 valence electrons. The van der Waals surface area contributed by atoms with Gasteiger partial charge in [-0.25, -0.2) is 14.8 Å². The second kappa shape index (κ2) is 11.6. The molecule has 0 aliphatic carbocycles. The molecule has 0 saturated carbocycles. The number of carbonyl (C=O) groups is 3. The predicted octanol–water partition coefficient (Wildman–Crippen LogP) is 5.22. The summed E-state index contributed by atoms with van der Waals surface area (Å²) in [4.78, 5) is 53.4.